The monoisotopic (exact) mass is 436 g/mol. The van der Waals surface area contributed by atoms with E-state index in [9.17, 15) is 5.11 Å². The number of hydrogen-bond donors (Lipinski definition) is 1. The second kappa shape index (κ2) is 16.8. The summed E-state index contributed by atoms with van der Waals surface area (Å²) in [4.78, 5) is 0. The molecule has 1 N–H and O–H groups in total. The molecule has 0 spiro atoms. The lowest BCUT2D eigenvalue weighted by Crippen LogP contribution is -1.92. The highest BCUT2D eigenvalue weighted by molar-refractivity contribution is 5.72. The van der Waals surface area contributed by atoms with E-state index in [1.807, 2.05) is 18.2 Å². The largest absolute Gasteiger partial charge is 0.507 e. The molecule has 2 rings (SSSR count). The molecule has 0 fully saturated rings. The van der Waals surface area contributed by atoms with Crippen LogP contribution in [-0.2, 0) is 6.42 Å². The predicted octanol–water partition coefficient (Wildman–Crippen LogP) is 10.2. The fraction of sp³-hybridized carbons (Fsp3) is 0.613. The van der Waals surface area contributed by atoms with Crippen LogP contribution >= 0.6 is 0 Å². The van der Waals surface area contributed by atoms with Gasteiger partial charge in [0.25, 0.3) is 0 Å². The first-order valence-electron chi connectivity index (χ1n) is 13.6. The van der Waals surface area contributed by atoms with Crippen molar-refractivity contribution in [3.05, 3.63) is 53.6 Å². The predicted molar refractivity (Wildman–Crippen MR) is 142 cm³/mol. The van der Waals surface area contributed by atoms with E-state index in [1.165, 1.54) is 108 Å². The van der Waals surface area contributed by atoms with Crippen LogP contribution in [0.2, 0.25) is 0 Å². The minimum atomic E-state index is 0.475. The van der Waals surface area contributed by atoms with E-state index in [0.29, 0.717) is 5.75 Å². The van der Waals surface area contributed by atoms with Crippen LogP contribution in [0.15, 0.2) is 42.5 Å². The maximum atomic E-state index is 10.8. The van der Waals surface area contributed by atoms with E-state index in [1.54, 1.807) is 0 Å². The van der Waals surface area contributed by atoms with Crippen molar-refractivity contribution in [2.75, 3.05) is 0 Å². The highest BCUT2D eigenvalue weighted by atomic mass is 16.3. The minimum Gasteiger partial charge on any atom is -0.507 e. The van der Waals surface area contributed by atoms with Crippen LogP contribution in [0.4, 0.5) is 0 Å². The summed E-state index contributed by atoms with van der Waals surface area (Å²) in [6.07, 6.45) is 23.2. The van der Waals surface area contributed by atoms with Gasteiger partial charge in [0.15, 0.2) is 0 Å². The van der Waals surface area contributed by atoms with E-state index in [-0.39, 0.29) is 0 Å². The van der Waals surface area contributed by atoms with Crippen LogP contribution in [0.5, 0.6) is 5.75 Å². The van der Waals surface area contributed by atoms with Gasteiger partial charge in [0, 0.05) is 5.56 Å². The van der Waals surface area contributed by atoms with E-state index < -0.39 is 0 Å². The Balaban J connectivity index is 1.50. The molecule has 0 heterocycles. The molecule has 0 radical (unpaired) electrons. The summed E-state index contributed by atoms with van der Waals surface area (Å²) < 4.78 is 0. The summed E-state index contributed by atoms with van der Waals surface area (Å²) in [7, 11) is 0. The van der Waals surface area contributed by atoms with Crippen molar-refractivity contribution in [2.24, 2.45) is 0 Å². The smallest absolute Gasteiger partial charge is 0.126 e. The number of aromatic hydroxyl groups is 1. The third kappa shape index (κ3) is 10.7. The lowest BCUT2D eigenvalue weighted by Gasteiger charge is -2.12. The molecule has 0 saturated carbocycles. The van der Waals surface area contributed by atoms with Gasteiger partial charge >= 0.3 is 0 Å². The van der Waals surface area contributed by atoms with Crippen molar-refractivity contribution in [3.8, 4) is 16.9 Å². The summed E-state index contributed by atoms with van der Waals surface area (Å²) in [6.45, 7) is 4.42. The number of aryl methyl sites for hydroxylation is 2. The summed E-state index contributed by atoms with van der Waals surface area (Å²) in [6, 6.07) is 14.5. The van der Waals surface area contributed by atoms with Gasteiger partial charge in [-0.05, 0) is 42.5 Å². The minimum absolute atomic E-state index is 0.475. The van der Waals surface area contributed by atoms with Crippen LogP contribution < -0.4 is 0 Å². The zero-order valence-electron chi connectivity index (χ0n) is 21.0. The van der Waals surface area contributed by atoms with Crippen LogP contribution in [0.1, 0.15) is 121 Å². The second-order valence-electron chi connectivity index (χ2n) is 9.74. The van der Waals surface area contributed by atoms with Gasteiger partial charge in [0.1, 0.15) is 5.75 Å². The van der Waals surface area contributed by atoms with Gasteiger partial charge in [0.2, 0.25) is 0 Å². The maximum absolute atomic E-state index is 10.8. The standard InChI is InChI=1S/C31H48O/c1-3-4-5-6-7-8-9-10-11-12-13-14-15-16-17-19-24-29-25-27(2)26-30(31(29)32)28-22-20-18-21-23-28/h18,20-23,25-26,32H,3-17,19,24H2,1-2H3. The third-order valence-electron chi connectivity index (χ3n) is 6.72. The van der Waals surface area contributed by atoms with Gasteiger partial charge in [-0.2, -0.15) is 0 Å². The third-order valence-corrected chi connectivity index (χ3v) is 6.72. The molecular formula is C31H48O. The van der Waals surface area contributed by atoms with Crippen molar-refractivity contribution in [3.63, 3.8) is 0 Å². The van der Waals surface area contributed by atoms with Gasteiger partial charge < -0.3 is 5.11 Å². The summed E-state index contributed by atoms with van der Waals surface area (Å²) in [5, 5.41) is 10.8. The van der Waals surface area contributed by atoms with Crippen LogP contribution in [0.25, 0.3) is 11.1 Å². The van der Waals surface area contributed by atoms with Crippen LogP contribution in [0.3, 0.4) is 0 Å². The quantitative estimate of drug-likeness (QED) is 0.230. The van der Waals surface area contributed by atoms with Gasteiger partial charge in [-0.25, -0.2) is 0 Å². The van der Waals surface area contributed by atoms with Crippen molar-refractivity contribution >= 4 is 0 Å². The van der Waals surface area contributed by atoms with Crippen molar-refractivity contribution in [2.45, 2.75) is 123 Å². The summed E-state index contributed by atoms with van der Waals surface area (Å²) in [5.41, 5.74) is 4.40. The Morgan fingerprint density at radius 2 is 1.06 bits per heavy atom. The molecule has 178 valence electrons. The maximum Gasteiger partial charge on any atom is 0.126 e. The molecule has 0 unspecified atom stereocenters. The first-order valence-corrected chi connectivity index (χ1v) is 13.6. The van der Waals surface area contributed by atoms with Gasteiger partial charge in [0.05, 0.1) is 0 Å². The first kappa shape index (κ1) is 26.5. The van der Waals surface area contributed by atoms with E-state index in [4.69, 9.17) is 0 Å². The van der Waals surface area contributed by atoms with Gasteiger partial charge in [-0.15, -0.1) is 0 Å². The molecule has 0 saturated heterocycles. The number of unbranched alkanes of at least 4 members (excludes halogenated alkanes) is 15. The Labute approximate surface area is 198 Å². The fourth-order valence-corrected chi connectivity index (χ4v) is 4.75. The lowest BCUT2D eigenvalue weighted by molar-refractivity contribution is 0.467. The Morgan fingerprint density at radius 3 is 1.56 bits per heavy atom. The molecule has 1 nitrogen and oxygen atoms in total. The highest BCUT2D eigenvalue weighted by Gasteiger charge is 2.10. The average molecular weight is 437 g/mol. The van der Waals surface area contributed by atoms with Crippen LogP contribution in [0, 0.1) is 6.92 Å². The van der Waals surface area contributed by atoms with Crippen LogP contribution in [-0.4, -0.2) is 5.11 Å². The molecule has 0 aliphatic heterocycles. The van der Waals surface area contributed by atoms with Crippen molar-refractivity contribution in [1.29, 1.82) is 0 Å². The molecule has 0 aromatic heterocycles. The first-order chi connectivity index (χ1) is 15.7. The molecule has 0 amide bonds. The zero-order valence-corrected chi connectivity index (χ0v) is 21.0. The molecule has 0 aliphatic carbocycles. The average Bonchev–Trinajstić information content (AvgIpc) is 2.81. The summed E-state index contributed by atoms with van der Waals surface area (Å²) in [5.74, 6) is 0.475. The lowest BCUT2D eigenvalue weighted by atomic mass is 9.95. The Kier molecular flexibility index (Phi) is 13.9. The SMILES string of the molecule is CCCCCCCCCCCCCCCCCCc1cc(C)cc(-c2ccccc2)c1O. The van der Waals surface area contributed by atoms with E-state index >= 15 is 0 Å². The molecule has 1 heteroatoms. The zero-order chi connectivity index (χ0) is 22.9. The molecule has 2 aromatic rings. The van der Waals surface area contributed by atoms with Gasteiger partial charge in [-0.1, -0.05) is 140 Å². The van der Waals surface area contributed by atoms with Gasteiger partial charge in [-0.3, -0.25) is 0 Å². The Bertz CT molecular complexity index is 719. The Morgan fingerprint density at radius 1 is 0.594 bits per heavy atom. The van der Waals surface area contributed by atoms with E-state index in [0.717, 1.165) is 23.1 Å². The summed E-state index contributed by atoms with van der Waals surface area (Å²) >= 11 is 0. The Hall–Kier alpha value is -1.76. The number of benzene rings is 2. The molecule has 0 atom stereocenters. The highest BCUT2D eigenvalue weighted by Crippen LogP contribution is 2.34. The topological polar surface area (TPSA) is 20.2 Å². The van der Waals surface area contributed by atoms with E-state index in [2.05, 4.69) is 38.1 Å². The molecule has 0 aliphatic rings. The van der Waals surface area contributed by atoms with Crippen molar-refractivity contribution in [1.82, 2.24) is 0 Å². The fourth-order valence-electron chi connectivity index (χ4n) is 4.75. The molecular weight excluding hydrogens is 388 g/mol. The molecule has 2 aromatic carbocycles. The van der Waals surface area contributed by atoms with Crippen molar-refractivity contribution < 1.29 is 5.11 Å². The number of rotatable bonds is 18. The molecule has 32 heavy (non-hydrogen) atoms. The number of phenols is 1. The number of hydrogen-bond acceptors (Lipinski definition) is 1. The number of phenolic OH excluding ortho intramolecular Hbond substituents is 1. The normalized spacial score (nSPS) is 11.2. The second-order valence-corrected chi connectivity index (χ2v) is 9.74. The molecule has 0 bridgehead atoms.